The van der Waals surface area contributed by atoms with Gasteiger partial charge in [0.05, 0.1) is 110 Å². The SMILES string of the molecule is CCOC(=O)C(C)Cn1cc(-c2ccn3c(-c4cc(OC)c(C(=O)CCC(F)(F)F)c(OC)c4)cnc3c2)cn1.CCOC(=O)C(C)Cn1cc(-c2ccn3ccnc3c2)cn1.COc1cc(Br)cc(OC)c1C(=O)CCC(F)(F)F.c1cn2ccc(-c3cn[nH]c3)cc2n1. The molecule has 500 valence electrons. The van der Waals surface area contributed by atoms with Crippen molar-refractivity contribution in [3.63, 3.8) is 0 Å². The Morgan fingerprint density at radius 3 is 1.38 bits per heavy atom. The molecule has 0 spiro atoms. The topological polar surface area (TPSA) is 240 Å². The number of nitrogens with zero attached hydrogens (tertiary/aromatic N) is 11. The molecule has 0 saturated heterocycles. The highest BCUT2D eigenvalue weighted by molar-refractivity contribution is 9.10. The van der Waals surface area contributed by atoms with E-state index in [1.807, 2.05) is 113 Å². The average Bonchev–Trinajstić information content (AvgIpc) is 1.70. The molecule has 11 aromatic rings. The molecular formula is C66H67BrF6N12O10. The van der Waals surface area contributed by atoms with E-state index < -0.39 is 49.6 Å². The van der Waals surface area contributed by atoms with Crippen LogP contribution in [0.2, 0.25) is 0 Å². The fourth-order valence-electron chi connectivity index (χ4n) is 9.72. The Morgan fingerprint density at radius 2 is 0.958 bits per heavy atom. The molecule has 0 saturated carbocycles. The summed E-state index contributed by atoms with van der Waals surface area (Å²) in [6, 6.07) is 18.0. The third-order valence-electron chi connectivity index (χ3n) is 14.5. The summed E-state index contributed by atoms with van der Waals surface area (Å²) in [5, 5.41) is 15.4. The smallest absolute Gasteiger partial charge is 0.389 e. The summed E-state index contributed by atoms with van der Waals surface area (Å²) >= 11 is 3.20. The first-order chi connectivity index (χ1) is 45.4. The first kappa shape index (κ1) is 70.5. The minimum absolute atomic E-state index is 0.0254. The summed E-state index contributed by atoms with van der Waals surface area (Å²) in [6.45, 7) is 8.81. The maximum Gasteiger partial charge on any atom is 0.389 e. The zero-order valence-corrected chi connectivity index (χ0v) is 54.4. The number of esters is 2. The van der Waals surface area contributed by atoms with Crippen LogP contribution in [-0.2, 0) is 32.2 Å². The van der Waals surface area contributed by atoms with Gasteiger partial charge in [0.25, 0.3) is 0 Å². The Hall–Kier alpha value is -10.3. The molecule has 0 aliphatic rings. The summed E-state index contributed by atoms with van der Waals surface area (Å²) in [6.07, 6.45) is 13.2. The predicted molar refractivity (Wildman–Crippen MR) is 342 cm³/mol. The summed E-state index contributed by atoms with van der Waals surface area (Å²) in [7, 11) is 5.35. The number of halogens is 7. The molecule has 29 heteroatoms. The molecule has 0 bridgehead atoms. The number of pyridine rings is 3. The highest BCUT2D eigenvalue weighted by Crippen LogP contribution is 2.39. The average molecular weight is 1380 g/mol. The number of nitrogens with one attached hydrogen (secondary N) is 1. The molecule has 2 unspecified atom stereocenters. The Bertz CT molecular complexity index is 4350. The highest BCUT2D eigenvalue weighted by Gasteiger charge is 2.32. The lowest BCUT2D eigenvalue weighted by molar-refractivity contribution is -0.148. The van der Waals surface area contributed by atoms with Crippen LogP contribution in [-0.4, -0.2) is 135 Å². The molecule has 22 nitrogen and oxygen atoms in total. The second-order valence-corrected chi connectivity index (χ2v) is 22.1. The van der Waals surface area contributed by atoms with Gasteiger partial charge in [-0.2, -0.15) is 41.6 Å². The minimum Gasteiger partial charge on any atom is -0.496 e. The van der Waals surface area contributed by atoms with Gasteiger partial charge >= 0.3 is 24.3 Å². The standard InChI is InChI=1S/C28H29F3N4O5.C16H18N4O2.C12H12BrF3O3.C10H8N4/c1-5-40-27(37)17(2)15-34-16-20(13-33-34)18-7-9-35-21(14-32-25(35)12-18)19-10-23(38-3)26(24(11-19)39-4)22(36)6-8-28(29,30)31;1-3-22-16(21)12(2)10-20-11-14(9-18-20)13-4-6-19-7-5-17-15(19)8-13;1-18-9-5-7(13)6-10(19-2)11(9)8(17)3-4-12(14,15)16;1-3-14-4-2-11-10(14)5-8(1)9-6-12-13-7-9/h7,9-14,16-17H,5-6,8,15H2,1-4H3;4-9,11-12H,3,10H2,1-2H3;5-6H,3-4H2,1-2H3;1-7H,(H,12,13). The largest absolute Gasteiger partial charge is 0.496 e. The molecule has 0 aliphatic carbocycles. The van der Waals surface area contributed by atoms with Crippen LogP contribution < -0.4 is 18.9 Å². The number of methoxy groups -OCH3 is 4. The van der Waals surface area contributed by atoms with Crippen molar-refractivity contribution in [3.05, 3.63) is 163 Å². The van der Waals surface area contributed by atoms with Crippen LogP contribution in [0.5, 0.6) is 23.0 Å². The molecule has 11 rings (SSSR count). The van der Waals surface area contributed by atoms with Gasteiger partial charge in [-0.1, -0.05) is 29.8 Å². The molecular weight excluding hydrogens is 1310 g/mol. The first-order valence-electron chi connectivity index (χ1n) is 29.5. The van der Waals surface area contributed by atoms with Gasteiger partial charge in [-0.3, -0.25) is 38.0 Å². The number of hydrogen-bond acceptors (Lipinski definition) is 16. The molecule has 0 amide bonds. The van der Waals surface area contributed by atoms with Crippen molar-refractivity contribution in [2.75, 3.05) is 41.7 Å². The number of benzene rings is 2. The number of imidazole rings is 3. The molecule has 0 radical (unpaired) electrons. The number of ketones is 2. The van der Waals surface area contributed by atoms with Gasteiger partial charge in [0.2, 0.25) is 0 Å². The quantitative estimate of drug-likeness (QED) is 0.0377. The number of H-pyrrole nitrogens is 1. The number of Topliss-reactive ketones (excluding diaryl/α,β-unsaturated/α-hetero) is 2. The normalized spacial score (nSPS) is 11.9. The van der Waals surface area contributed by atoms with Gasteiger partial charge in [-0.25, -0.2) is 15.0 Å². The Morgan fingerprint density at radius 1 is 0.526 bits per heavy atom. The van der Waals surface area contributed by atoms with E-state index >= 15 is 0 Å². The van der Waals surface area contributed by atoms with Gasteiger partial charge in [0.1, 0.15) is 51.1 Å². The van der Waals surface area contributed by atoms with Crippen molar-refractivity contribution in [2.45, 2.75) is 78.8 Å². The van der Waals surface area contributed by atoms with Gasteiger partial charge < -0.3 is 37.2 Å². The summed E-state index contributed by atoms with van der Waals surface area (Å²) in [4.78, 5) is 61.1. The number of hydrogen-bond donors (Lipinski definition) is 1. The van der Waals surface area contributed by atoms with E-state index in [1.165, 1.54) is 40.6 Å². The third kappa shape index (κ3) is 18.7. The van der Waals surface area contributed by atoms with E-state index in [-0.39, 0.29) is 57.9 Å². The van der Waals surface area contributed by atoms with Crippen molar-refractivity contribution in [3.8, 4) is 67.6 Å². The second-order valence-electron chi connectivity index (χ2n) is 21.2. The van der Waals surface area contributed by atoms with Crippen LogP contribution in [0.1, 0.15) is 74.1 Å². The molecule has 0 fully saturated rings. The van der Waals surface area contributed by atoms with Gasteiger partial charge in [-0.15, -0.1) is 0 Å². The van der Waals surface area contributed by atoms with E-state index in [0.717, 1.165) is 44.7 Å². The number of aromatic amines is 1. The van der Waals surface area contributed by atoms with Crippen LogP contribution in [0.4, 0.5) is 26.3 Å². The zero-order chi connectivity index (χ0) is 68.6. The fourth-order valence-corrected chi connectivity index (χ4v) is 10.1. The van der Waals surface area contributed by atoms with Crippen molar-refractivity contribution >= 4 is 56.4 Å². The van der Waals surface area contributed by atoms with E-state index in [0.29, 0.717) is 47.7 Å². The number of ether oxygens (including phenoxy) is 6. The number of carbonyl (C=O) groups is 4. The zero-order valence-electron chi connectivity index (χ0n) is 52.8. The lowest BCUT2D eigenvalue weighted by Gasteiger charge is -2.15. The summed E-state index contributed by atoms with van der Waals surface area (Å²) in [5.74, 6) is -1.85. The summed E-state index contributed by atoms with van der Waals surface area (Å²) in [5.41, 5.74) is 9.67. The van der Waals surface area contributed by atoms with E-state index in [4.69, 9.17) is 28.4 Å². The Labute approximate surface area is 548 Å². The Balaban J connectivity index is 0.000000177. The summed E-state index contributed by atoms with van der Waals surface area (Å²) < 4.78 is 115. The van der Waals surface area contributed by atoms with Gasteiger partial charge in [-0.05, 0) is 91.2 Å². The predicted octanol–water partition coefficient (Wildman–Crippen LogP) is 13.7. The minimum atomic E-state index is -4.45. The van der Waals surface area contributed by atoms with Crippen LogP contribution >= 0.6 is 15.9 Å². The van der Waals surface area contributed by atoms with E-state index in [9.17, 15) is 45.5 Å². The van der Waals surface area contributed by atoms with Crippen LogP contribution in [0.3, 0.4) is 0 Å². The maximum atomic E-state index is 12.7. The van der Waals surface area contributed by atoms with Crippen molar-refractivity contribution in [1.29, 1.82) is 0 Å². The second kappa shape index (κ2) is 32.0. The number of fused-ring (bicyclic) bond motifs is 3. The molecule has 2 atom stereocenters. The molecule has 9 aromatic heterocycles. The maximum absolute atomic E-state index is 12.7. The molecule has 0 aliphatic heterocycles. The molecule has 2 aromatic carbocycles. The number of aromatic nitrogens is 12. The first-order valence-corrected chi connectivity index (χ1v) is 30.3. The fraction of sp³-hybridized carbons (Fsp3) is 0.303. The number of alkyl halides is 6. The molecule has 1 N–H and O–H groups in total. The van der Waals surface area contributed by atoms with Crippen molar-refractivity contribution in [1.82, 2.24) is 57.9 Å². The van der Waals surface area contributed by atoms with Crippen LogP contribution in [0.15, 0.2) is 152 Å². The highest BCUT2D eigenvalue weighted by atomic mass is 79.9. The number of rotatable bonds is 22. The lowest BCUT2D eigenvalue weighted by Crippen LogP contribution is -2.20. The van der Waals surface area contributed by atoms with Crippen molar-refractivity contribution in [2.24, 2.45) is 11.8 Å². The van der Waals surface area contributed by atoms with Crippen molar-refractivity contribution < 1.29 is 73.9 Å². The van der Waals surface area contributed by atoms with E-state index in [2.05, 4.69) is 51.3 Å². The third-order valence-corrected chi connectivity index (χ3v) is 14.9. The number of carbonyl (C=O) groups excluding carboxylic acids is 4. The van der Waals surface area contributed by atoms with E-state index in [1.54, 1.807) is 72.5 Å². The molecule has 95 heavy (non-hydrogen) atoms. The van der Waals surface area contributed by atoms with Gasteiger partial charge in [0, 0.05) is 102 Å². The van der Waals surface area contributed by atoms with Crippen LogP contribution in [0.25, 0.3) is 61.6 Å². The van der Waals surface area contributed by atoms with Crippen LogP contribution in [0, 0.1) is 11.8 Å². The Kier molecular flexibility index (Phi) is 23.8. The van der Waals surface area contributed by atoms with Gasteiger partial charge in [0.15, 0.2) is 11.6 Å². The monoisotopic (exact) mass is 1380 g/mol. The lowest BCUT2D eigenvalue weighted by atomic mass is 10.0. The molecule has 9 heterocycles.